The predicted octanol–water partition coefficient (Wildman–Crippen LogP) is 2.74. The summed E-state index contributed by atoms with van der Waals surface area (Å²) in [5, 5.41) is 8.03. The molecule has 0 aliphatic heterocycles. The lowest BCUT2D eigenvalue weighted by atomic mass is 10.1. The highest BCUT2D eigenvalue weighted by Gasteiger charge is 2.08. The SMILES string of the molecule is Cc1cccc(C)c1NCC(=O)NC(=O)NCc1ccccc1. The minimum atomic E-state index is -0.498. The molecular weight excluding hydrogens is 290 g/mol. The topological polar surface area (TPSA) is 70.2 Å². The van der Waals surface area contributed by atoms with Crippen LogP contribution in [0, 0.1) is 13.8 Å². The van der Waals surface area contributed by atoms with E-state index in [9.17, 15) is 9.59 Å². The van der Waals surface area contributed by atoms with Gasteiger partial charge in [-0.25, -0.2) is 4.79 Å². The zero-order valence-corrected chi connectivity index (χ0v) is 13.3. The van der Waals surface area contributed by atoms with Gasteiger partial charge in [0.05, 0.1) is 6.54 Å². The number of anilines is 1. The molecule has 0 atom stereocenters. The van der Waals surface area contributed by atoms with Crippen LogP contribution < -0.4 is 16.0 Å². The second-order valence-corrected chi connectivity index (χ2v) is 5.34. The molecule has 0 aliphatic carbocycles. The van der Waals surface area contributed by atoms with E-state index in [1.165, 1.54) is 0 Å². The summed E-state index contributed by atoms with van der Waals surface area (Å²) in [6, 6.07) is 14.9. The van der Waals surface area contributed by atoms with Crippen molar-refractivity contribution in [3.8, 4) is 0 Å². The van der Waals surface area contributed by atoms with Crippen molar-refractivity contribution in [3.05, 3.63) is 65.2 Å². The molecule has 0 radical (unpaired) electrons. The first-order valence-electron chi connectivity index (χ1n) is 7.48. The van der Waals surface area contributed by atoms with Gasteiger partial charge in [-0.1, -0.05) is 48.5 Å². The van der Waals surface area contributed by atoms with Crippen molar-refractivity contribution in [2.75, 3.05) is 11.9 Å². The van der Waals surface area contributed by atoms with Crippen molar-refractivity contribution in [1.29, 1.82) is 0 Å². The van der Waals surface area contributed by atoms with E-state index in [4.69, 9.17) is 0 Å². The Morgan fingerprint density at radius 3 is 2.22 bits per heavy atom. The second-order valence-electron chi connectivity index (χ2n) is 5.34. The normalized spacial score (nSPS) is 10.0. The Balaban J connectivity index is 1.77. The monoisotopic (exact) mass is 311 g/mol. The lowest BCUT2D eigenvalue weighted by molar-refractivity contribution is -0.118. The quantitative estimate of drug-likeness (QED) is 0.795. The van der Waals surface area contributed by atoms with Gasteiger partial charge < -0.3 is 10.6 Å². The maximum atomic E-state index is 11.8. The van der Waals surface area contributed by atoms with E-state index in [2.05, 4.69) is 16.0 Å². The number of imide groups is 1. The van der Waals surface area contributed by atoms with Crippen molar-refractivity contribution < 1.29 is 9.59 Å². The second kappa shape index (κ2) is 7.98. The molecule has 0 fully saturated rings. The number of nitrogens with one attached hydrogen (secondary N) is 3. The molecule has 0 aromatic heterocycles. The number of benzene rings is 2. The van der Waals surface area contributed by atoms with Gasteiger partial charge >= 0.3 is 6.03 Å². The summed E-state index contributed by atoms with van der Waals surface area (Å²) < 4.78 is 0. The first kappa shape index (κ1) is 16.5. The van der Waals surface area contributed by atoms with E-state index in [1.54, 1.807) is 0 Å². The standard InChI is InChI=1S/C18H21N3O2/c1-13-7-6-8-14(2)17(13)19-12-16(22)21-18(23)20-11-15-9-4-3-5-10-15/h3-10,19H,11-12H2,1-2H3,(H2,20,21,22,23). The van der Waals surface area contributed by atoms with E-state index in [1.807, 2.05) is 62.4 Å². The molecule has 0 saturated carbocycles. The number of urea groups is 1. The van der Waals surface area contributed by atoms with Crippen molar-refractivity contribution >= 4 is 17.6 Å². The van der Waals surface area contributed by atoms with E-state index in [-0.39, 0.29) is 12.5 Å². The van der Waals surface area contributed by atoms with Gasteiger partial charge in [0.1, 0.15) is 0 Å². The summed E-state index contributed by atoms with van der Waals surface area (Å²) in [5.41, 5.74) is 4.02. The third kappa shape index (κ3) is 5.14. The fourth-order valence-electron chi connectivity index (χ4n) is 2.26. The van der Waals surface area contributed by atoms with E-state index >= 15 is 0 Å². The summed E-state index contributed by atoms with van der Waals surface area (Å²) >= 11 is 0. The van der Waals surface area contributed by atoms with Gasteiger partial charge in [0.15, 0.2) is 0 Å². The summed E-state index contributed by atoms with van der Waals surface area (Å²) in [6.45, 7) is 4.37. The van der Waals surface area contributed by atoms with Crippen LogP contribution in [0.25, 0.3) is 0 Å². The molecular formula is C18H21N3O2. The van der Waals surface area contributed by atoms with Gasteiger partial charge in [-0.3, -0.25) is 10.1 Å². The van der Waals surface area contributed by atoms with Crippen LogP contribution in [0.1, 0.15) is 16.7 Å². The van der Waals surface area contributed by atoms with Crippen molar-refractivity contribution in [3.63, 3.8) is 0 Å². The Hall–Kier alpha value is -2.82. The van der Waals surface area contributed by atoms with Crippen LogP contribution in [0.5, 0.6) is 0 Å². The van der Waals surface area contributed by atoms with Gasteiger partial charge in [0.25, 0.3) is 0 Å². The highest BCUT2D eigenvalue weighted by Crippen LogP contribution is 2.18. The molecule has 0 aliphatic rings. The number of carbonyl (C=O) groups excluding carboxylic acids is 2. The predicted molar refractivity (Wildman–Crippen MR) is 91.2 cm³/mol. The number of hydrogen-bond donors (Lipinski definition) is 3. The van der Waals surface area contributed by atoms with Gasteiger partial charge in [-0.05, 0) is 30.5 Å². The molecule has 5 nitrogen and oxygen atoms in total. The molecule has 2 aromatic rings. The summed E-state index contributed by atoms with van der Waals surface area (Å²) in [4.78, 5) is 23.5. The molecule has 0 unspecified atom stereocenters. The maximum absolute atomic E-state index is 11.8. The third-order valence-corrected chi connectivity index (χ3v) is 3.46. The van der Waals surface area contributed by atoms with Crippen LogP contribution in [0.2, 0.25) is 0 Å². The van der Waals surface area contributed by atoms with Crippen molar-refractivity contribution in [2.45, 2.75) is 20.4 Å². The summed E-state index contributed by atoms with van der Waals surface area (Å²) in [5.74, 6) is -0.377. The summed E-state index contributed by atoms with van der Waals surface area (Å²) in [7, 11) is 0. The van der Waals surface area contributed by atoms with Crippen LogP contribution >= 0.6 is 0 Å². The number of para-hydroxylation sites is 1. The van der Waals surface area contributed by atoms with Crippen LogP contribution in [0.15, 0.2) is 48.5 Å². The fourth-order valence-corrected chi connectivity index (χ4v) is 2.26. The Kier molecular flexibility index (Phi) is 5.74. The van der Waals surface area contributed by atoms with Gasteiger partial charge in [-0.15, -0.1) is 0 Å². The molecule has 23 heavy (non-hydrogen) atoms. The molecule has 2 rings (SSSR count). The van der Waals surface area contributed by atoms with Crippen LogP contribution in [0.4, 0.5) is 10.5 Å². The molecule has 0 saturated heterocycles. The van der Waals surface area contributed by atoms with Gasteiger partial charge in [0, 0.05) is 12.2 Å². The molecule has 0 spiro atoms. The van der Waals surface area contributed by atoms with Gasteiger partial charge in [0.2, 0.25) is 5.91 Å². The molecule has 0 bridgehead atoms. The average Bonchev–Trinajstić information content (AvgIpc) is 2.53. The fraction of sp³-hybridized carbons (Fsp3) is 0.222. The molecule has 120 valence electrons. The van der Waals surface area contributed by atoms with Crippen molar-refractivity contribution in [1.82, 2.24) is 10.6 Å². The molecule has 3 N–H and O–H groups in total. The minimum absolute atomic E-state index is 0.0461. The van der Waals surface area contributed by atoms with Gasteiger partial charge in [-0.2, -0.15) is 0 Å². The van der Waals surface area contributed by atoms with E-state index in [0.29, 0.717) is 6.54 Å². The zero-order valence-electron chi connectivity index (χ0n) is 13.3. The van der Waals surface area contributed by atoms with Crippen LogP contribution in [-0.4, -0.2) is 18.5 Å². The first-order chi connectivity index (χ1) is 11.1. The number of hydrogen-bond acceptors (Lipinski definition) is 3. The Morgan fingerprint density at radius 1 is 0.913 bits per heavy atom. The molecule has 0 heterocycles. The van der Waals surface area contributed by atoms with E-state index in [0.717, 1.165) is 22.4 Å². The molecule has 3 amide bonds. The number of carbonyl (C=O) groups is 2. The lowest BCUT2D eigenvalue weighted by Gasteiger charge is -2.12. The first-order valence-corrected chi connectivity index (χ1v) is 7.48. The Labute approximate surface area is 136 Å². The highest BCUT2D eigenvalue weighted by molar-refractivity contribution is 5.96. The van der Waals surface area contributed by atoms with Crippen LogP contribution in [-0.2, 0) is 11.3 Å². The zero-order chi connectivity index (χ0) is 16.7. The smallest absolute Gasteiger partial charge is 0.321 e. The maximum Gasteiger partial charge on any atom is 0.321 e. The summed E-state index contributed by atoms with van der Waals surface area (Å²) in [6.07, 6.45) is 0. The number of aryl methyl sites for hydroxylation is 2. The van der Waals surface area contributed by atoms with Crippen molar-refractivity contribution in [2.24, 2.45) is 0 Å². The third-order valence-electron chi connectivity index (χ3n) is 3.46. The number of rotatable bonds is 5. The Bertz CT molecular complexity index is 664. The molecule has 2 aromatic carbocycles. The highest BCUT2D eigenvalue weighted by atomic mass is 16.2. The lowest BCUT2D eigenvalue weighted by Crippen LogP contribution is -2.41. The van der Waals surface area contributed by atoms with E-state index < -0.39 is 6.03 Å². The van der Waals surface area contributed by atoms with Crippen LogP contribution in [0.3, 0.4) is 0 Å². The molecule has 5 heteroatoms. The largest absolute Gasteiger partial charge is 0.376 e. The minimum Gasteiger partial charge on any atom is -0.376 e. The average molecular weight is 311 g/mol. The Morgan fingerprint density at radius 2 is 1.57 bits per heavy atom. The number of amides is 3.